The molecule has 0 saturated carbocycles. The first-order valence-electron chi connectivity index (χ1n) is 8.70. The number of hydrogen-bond donors (Lipinski definition) is 3. The molecule has 9 heteroatoms. The number of pyridine rings is 2. The van der Waals surface area contributed by atoms with Crippen LogP contribution in [0, 0.1) is 0 Å². The fraction of sp³-hybridized carbons (Fsp3) is 0.0500. The van der Waals surface area contributed by atoms with E-state index in [-0.39, 0.29) is 11.3 Å². The van der Waals surface area contributed by atoms with Crippen molar-refractivity contribution in [1.82, 2.24) is 19.7 Å². The Morgan fingerprint density at radius 2 is 1.93 bits per heavy atom. The molecule has 0 aliphatic carbocycles. The van der Waals surface area contributed by atoms with Crippen LogP contribution in [0.2, 0.25) is 0 Å². The zero-order chi connectivity index (χ0) is 20.4. The number of anilines is 1. The van der Waals surface area contributed by atoms with Gasteiger partial charge in [-0.3, -0.25) is 4.79 Å². The number of nitrogens with two attached hydrogens (primary N) is 1. The second-order valence-electron chi connectivity index (χ2n) is 6.26. The molecule has 0 saturated heterocycles. The third-order valence-corrected chi connectivity index (χ3v) is 4.32. The Morgan fingerprint density at radius 1 is 1.10 bits per heavy atom. The number of amides is 1. The van der Waals surface area contributed by atoms with Gasteiger partial charge >= 0.3 is 5.69 Å². The van der Waals surface area contributed by atoms with E-state index in [4.69, 9.17) is 5.73 Å². The lowest BCUT2D eigenvalue weighted by molar-refractivity contribution is 0.0995. The average Bonchev–Trinajstić information content (AvgIpc) is 2.75. The first-order valence-corrected chi connectivity index (χ1v) is 8.70. The van der Waals surface area contributed by atoms with Gasteiger partial charge in [-0.25, -0.2) is 14.8 Å². The number of carbonyl (C=O) groups is 1. The number of rotatable bonds is 5. The van der Waals surface area contributed by atoms with E-state index >= 15 is 0 Å². The molecule has 3 aromatic heterocycles. The van der Waals surface area contributed by atoms with Gasteiger partial charge in [0.25, 0.3) is 5.91 Å². The summed E-state index contributed by atoms with van der Waals surface area (Å²) in [4.78, 5) is 35.4. The number of carbonyl (C=O) groups excluding carboxylic acids is 1. The highest BCUT2D eigenvalue weighted by Crippen LogP contribution is 2.21. The SMILES string of the molecule is NC(=O)c1cccc(-c2cccc(CNc3nc(=O)n(O)c4ncccc34)c2)n1. The van der Waals surface area contributed by atoms with Crippen LogP contribution < -0.4 is 16.7 Å². The lowest BCUT2D eigenvalue weighted by Crippen LogP contribution is -2.23. The van der Waals surface area contributed by atoms with E-state index < -0.39 is 11.6 Å². The van der Waals surface area contributed by atoms with E-state index in [0.717, 1.165) is 11.1 Å². The summed E-state index contributed by atoms with van der Waals surface area (Å²) in [5.74, 6) is -0.266. The van der Waals surface area contributed by atoms with Crippen LogP contribution in [-0.4, -0.2) is 30.8 Å². The van der Waals surface area contributed by atoms with Crippen LogP contribution in [0.1, 0.15) is 16.1 Å². The van der Waals surface area contributed by atoms with Gasteiger partial charge in [0.2, 0.25) is 0 Å². The van der Waals surface area contributed by atoms with Crippen molar-refractivity contribution >= 4 is 22.8 Å². The molecule has 0 fully saturated rings. The molecule has 0 spiro atoms. The summed E-state index contributed by atoms with van der Waals surface area (Å²) in [5.41, 5.74) is 7.14. The molecule has 0 unspecified atom stereocenters. The minimum absolute atomic E-state index is 0.121. The molecule has 144 valence electrons. The summed E-state index contributed by atoms with van der Waals surface area (Å²) < 4.78 is 0.415. The molecule has 4 aromatic rings. The Labute approximate surface area is 164 Å². The Balaban J connectivity index is 1.62. The van der Waals surface area contributed by atoms with E-state index in [0.29, 0.717) is 28.2 Å². The number of nitrogens with one attached hydrogen (secondary N) is 1. The number of fused-ring (bicyclic) bond motifs is 1. The predicted octanol–water partition coefficient (Wildman–Crippen LogP) is 1.80. The van der Waals surface area contributed by atoms with Crippen LogP contribution >= 0.6 is 0 Å². The Kier molecular flexibility index (Phi) is 4.62. The Morgan fingerprint density at radius 3 is 2.76 bits per heavy atom. The summed E-state index contributed by atoms with van der Waals surface area (Å²) in [7, 11) is 0. The number of hydrogen-bond acceptors (Lipinski definition) is 7. The molecular weight excluding hydrogens is 372 g/mol. The van der Waals surface area contributed by atoms with Crippen molar-refractivity contribution in [3.05, 3.63) is 82.5 Å². The molecule has 29 heavy (non-hydrogen) atoms. The Hall–Kier alpha value is -4.27. The highest BCUT2D eigenvalue weighted by molar-refractivity contribution is 5.91. The van der Waals surface area contributed by atoms with Gasteiger partial charge in [-0.15, -0.1) is 4.73 Å². The van der Waals surface area contributed by atoms with Gasteiger partial charge in [0, 0.05) is 18.3 Å². The van der Waals surface area contributed by atoms with E-state index in [1.165, 1.54) is 6.20 Å². The van der Waals surface area contributed by atoms with Crippen molar-refractivity contribution in [1.29, 1.82) is 0 Å². The molecule has 3 heterocycles. The smallest absolute Gasteiger partial charge is 0.384 e. The average molecular weight is 388 g/mol. The van der Waals surface area contributed by atoms with Gasteiger partial charge in [-0.2, -0.15) is 4.98 Å². The number of aromatic nitrogens is 4. The maximum absolute atomic E-state index is 11.9. The van der Waals surface area contributed by atoms with Gasteiger partial charge in [-0.05, 0) is 35.9 Å². The highest BCUT2D eigenvalue weighted by Gasteiger charge is 2.11. The van der Waals surface area contributed by atoms with Crippen LogP contribution in [0.15, 0.2) is 65.6 Å². The molecular formula is C20H16N6O3. The van der Waals surface area contributed by atoms with E-state index in [2.05, 4.69) is 20.3 Å². The van der Waals surface area contributed by atoms with Crippen LogP contribution in [0.4, 0.5) is 5.82 Å². The molecule has 4 N–H and O–H groups in total. The standard InChI is InChI=1S/C20H16N6O3/c21-17(27)16-8-2-7-15(24-16)13-5-1-4-12(10-13)11-23-18-14-6-3-9-22-19(14)26(29)20(28)25-18/h1-10,29H,11H2,(H2,21,27)(H,23,25,28). The van der Waals surface area contributed by atoms with Gasteiger partial charge in [0.15, 0.2) is 5.65 Å². The fourth-order valence-corrected chi connectivity index (χ4v) is 2.94. The molecule has 1 aromatic carbocycles. The lowest BCUT2D eigenvalue weighted by Gasteiger charge is -2.10. The largest absolute Gasteiger partial charge is 0.422 e. The molecule has 0 aliphatic heterocycles. The minimum atomic E-state index is -0.820. The third-order valence-electron chi connectivity index (χ3n) is 4.32. The van der Waals surface area contributed by atoms with E-state index in [1.54, 1.807) is 30.3 Å². The van der Waals surface area contributed by atoms with Crippen molar-refractivity contribution in [2.45, 2.75) is 6.54 Å². The van der Waals surface area contributed by atoms with E-state index in [1.807, 2.05) is 24.3 Å². The normalized spacial score (nSPS) is 10.8. The van der Waals surface area contributed by atoms with Gasteiger partial charge in [0.05, 0.1) is 11.1 Å². The topological polar surface area (TPSA) is 136 Å². The van der Waals surface area contributed by atoms with Gasteiger partial charge in [-0.1, -0.05) is 24.3 Å². The third kappa shape index (κ3) is 3.61. The van der Waals surface area contributed by atoms with Crippen molar-refractivity contribution in [2.24, 2.45) is 5.73 Å². The van der Waals surface area contributed by atoms with Crippen molar-refractivity contribution in [3.63, 3.8) is 0 Å². The predicted molar refractivity (Wildman–Crippen MR) is 107 cm³/mol. The number of nitrogens with zero attached hydrogens (tertiary/aromatic N) is 4. The van der Waals surface area contributed by atoms with Crippen molar-refractivity contribution in [2.75, 3.05) is 5.32 Å². The second-order valence-corrected chi connectivity index (χ2v) is 6.26. The van der Waals surface area contributed by atoms with E-state index in [9.17, 15) is 14.8 Å². The van der Waals surface area contributed by atoms with Gasteiger partial charge in [0.1, 0.15) is 11.5 Å². The molecule has 0 bridgehead atoms. The minimum Gasteiger partial charge on any atom is -0.422 e. The maximum atomic E-state index is 11.9. The number of primary amides is 1. The van der Waals surface area contributed by atoms with Crippen LogP contribution in [0.3, 0.4) is 0 Å². The quantitative estimate of drug-likeness (QED) is 0.444. The molecule has 0 radical (unpaired) electrons. The first-order chi connectivity index (χ1) is 14.0. The summed E-state index contributed by atoms with van der Waals surface area (Å²) in [6.07, 6.45) is 1.48. The monoisotopic (exact) mass is 388 g/mol. The molecule has 0 aliphatic rings. The molecule has 0 atom stereocenters. The van der Waals surface area contributed by atoms with Crippen LogP contribution in [-0.2, 0) is 6.54 Å². The summed E-state index contributed by atoms with van der Waals surface area (Å²) >= 11 is 0. The Bertz CT molecular complexity index is 1280. The summed E-state index contributed by atoms with van der Waals surface area (Å²) in [6.45, 7) is 0.370. The second kappa shape index (κ2) is 7.39. The zero-order valence-electron chi connectivity index (χ0n) is 15.1. The molecule has 9 nitrogen and oxygen atoms in total. The zero-order valence-corrected chi connectivity index (χ0v) is 15.1. The highest BCUT2D eigenvalue weighted by atomic mass is 16.5. The molecule has 1 amide bonds. The summed E-state index contributed by atoms with van der Waals surface area (Å²) in [5, 5.41) is 13.4. The summed E-state index contributed by atoms with van der Waals surface area (Å²) in [6, 6.07) is 16.0. The van der Waals surface area contributed by atoms with Crippen molar-refractivity contribution < 1.29 is 10.0 Å². The maximum Gasteiger partial charge on any atom is 0.384 e. The van der Waals surface area contributed by atoms with Crippen molar-refractivity contribution in [3.8, 4) is 11.3 Å². The number of benzene rings is 1. The van der Waals surface area contributed by atoms with Crippen LogP contribution in [0.5, 0.6) is 0 Å². The molecule has 4 rings (SSSR count). The fourth-order valence-electron chi connectivity index (χ4n) is 2.94. The lowest BCUT2D eigenvalue weighted by atomic mass is 10.1. The van der Waals surface area contributed by atoms with Gasteiger partial charge < -0.3 is 16.3 Å². The van der Waals surface area contributed by atoms with Crippen LogP contribution in [0.25, 0.3) is 22.3 Å². The first kappa shape index (κ1) is 18.1.